The van der Waals surface area contributed by atoms with Crippen LogP contribution in [0, 0.1) is 5.92 Å². The van der Waals surface area contributed by atoms with E-state index < -0.39 is 0 Å². The fourth-order valence-corrected chi connectivity index (χ4v) is 1.76. The van der Waals surface area contributed by atoms with Gasteiger partial charge in [0.1, 0.15) is 0 Å². The van der Waals surface area contributed by atoms with Crippen LogP contribution in [0.1, 0.15) is 20.3 Å². The molecule has 0 atom stereocenters. The van der Waals surface area contributed by atoms with Gasteiger partial charge in [0, 0.05) is 39.8 Å². The Balaban J connectivity index is 2.22. The van der Waals surface area contributed by atoms with Gasteiger partial charge in [0.2, 0.25) is 5.91 Å². The van der Waals surface area contributed by atoms with Crippen LogP contribution in [0.4, 0.5) is 0 Å². The van der Waals surface area contributed by atoms with Gasteiger partial charge in [-0.15, -0.1) is 0 Å². The maximum absolute atomic E-state index is 11.9. The Kier molecular flexibility index (Phi) is 5.77. The van der Waals surface area contributed by atoms with Gasteiger partial charge < -0.3 is 10.2 Å². The molecule has 0 aliphatic carbocycles. The van der Waals surface area contributed by atoms with E-state index in [0.717, 1.165) is 39.1 Å². The molecule has 1 amide bonds. The number of nitrogens with zero attached hydrogens (tertiary/aromatic N) is 2. The average molecular weight is 227 g/mol. The average Bonchev–Trinajstić information content (AvgIpc) is 2.27. The van der Waals surface area contributed by atoms with Crippen LogP contribution >= 0.6 is 0 Å². The molecule has 0 aromatic rings. The monoisotopic (exact) mass is 227 g/mol. The molecular formula is C12H25N3O. The Labute approximate surface area is 99.0 Å². The molecule has 0 saturated carbocycles. The summed E-state index contributed by atoms with van der Waals surface area (Å²) < 4.78 is 0. The second-order valence-corrected chi connectivity index (χ2v) is 5.02. The third-order valence-corrected chi connectivity index (χ3v) is 3.04. The van der Waals surface area contributed by atoms with Crippen LogP contribution in [0.3, 0.4) is 0 Å². The summed E-state index contributed by atoms with van der Waals surface area (Å²) in [5, 5.41) is 3.29. The van der Waals surface area contributed by atoms with E-state index in [9.17, 15) is 4.79 Å². The number of hydrogen-bond acceptors (Lipinski definition) is 3. The van der Waals surface area contributed by atoms with Gasteiger partial charge in [-0.05, 0) is 12.3 Å². The molecule has 1 rings (SSSR count). The van der Waals surface area contributed by atoms with Crippen molar-refractivity contribution >= 4 is 5.91 Å². The number of hydrogen-bond donors (Lipinski definition) is 1. The van der Waals surface area contributed by atoms with Gasteiger partial charge in [-0.3, -0.25) is 9.69 Å². The number of piperazine rings is 1. The Bertz CT molecular complexity index is 212. The van der Waals surface area contributed by atoms with E-state index in [1.807, 2.05) is 11.9 Å². The summed E-state index contributed by atoms with van der Waals surface area (Å²) in [4.78, 5) is 16.0. The molecule has 0 bridgehead atoms. The minimum Gasteiger partial charge on any atom is -0.345 e. The fourth-order valence-electron chi connectivity index (χ4n) is 1.76. The van der Waals surface area contributed by atoms with Gasteiger partial charge in [0.05, 0.1) is 6.54 Å². The molecule has 4 nitrogen and oxygen atoms in total. The molecule has 1 heterocycles. The van der Waals surface area contributed by atoms with E-state index in [2.05, 4.69) is 24.1 Å². The van der Waals surface area contributed by atoms with Gasteiger partial charge in [0.25, 0.3) is 0 Å². The topological polar surface area (TPSA) is 35.6 Å². The molecule has 1 aliphatic heterocycles. The fraction of sp³-hybridized carbons (Fsp3) is 0.917. The van der Waals surface area contributed by atoms with Crippen molar-refractivity contribution in [1.29, 1.82) is 0 Å². The maximum atomic E-state index is 11.9. The third-order valence-electron chi connectivity index (χ3n) is 3.04. The third kappa shape index (κ3) is 4.94. The van der Waals surface area contributed by atoms with Crippen LogP contribution in [-0.4, -0.2) is 62.0 Å². The van der Waals surface area contributed by atoms with Gasteiger partial charge in [-0.1, -0.05) is 13.8 Å². The molecule has 0 radical (unpaired) electrons. The van der Waals surface area contributed by atoms with E-state index in [1.54, 1.807) is 0 Å². The summed E-state index contributed by atoms with van der Waals surface area (Å²) in [6, 6.07) is 0. The highest BCUT2D eigenvalue weighted by Crippen LogP contribution is 2.02. The summed E-state index contributed by atoms with van der Waals surface area (Å²) >= 11 is 0. The quantitative estimate of drug-likeness (QED) is 0.738. The van der Waals surface area contributed by atoms with Crippen molar-refractivity contribution in [3.8, 4) is 0 Å². The van der Waals surface area contributed by atoms with Crippen LogP contribution in [0.5, 0.6) is 0 Å². The summed E-state index contributed by atoms with van der Waals surface area (Å²) in [5.74, 6) is 0.914. The zero-order valence-corrected chi connectivity index (χ0v) is 10.8. The Hall–Kier alpha value is -0.610. The first-order chi connectivity index (χ1) is 7.59. The number of carbonyl (C=O) groups excluding carboxylic acids is 1. The Morgan fingerprint density at radius 3 is 2.56 bits per heavy atom. The molecule has 0 aromatic heterocycles. The first-order valence-corrected chi connectivity index (χ1v) is 6.26. The lowest BCUT2D eigenvalue weighted by Crippen LogP contribution is -2.48. The highest BCUT2D eigenvalue weighted by molar-refractivity contribution is 5.77. The lowest BCUT2D eigenvalue weighted by Gasteiger charge is -2.28. The van der Waals surface area contributed by atoms with Crippen molar-refractivity contribution < 1.29 is 4.79 Å². The van der Waals surface area contributed by atoms with Gasteiger partial charge in [0.15, 0.2) is 0 Å². The normalized spacial score (nSPS) is 17.8. The largest absolute Gasteiger partial charge is 0.345 e. The van der Waals surface area contributed by atoms with E-state index in [-0.39, 0.29) is 5.91 Å². The zero-order valence-electron chi connectivity index (χ0n) is 10.8. The highest BCUT2D eigenvalue weighted by atomic mass is 16.2. The lowest BCUT2D eigenvalue weighted by atomic mass is 10.1. The SMILES string of the molecule is CC(C)CCN(C)C(=O)CN1CCNCC1. The number of nitrogens with one attached hydrogen (secondary N) is 1. The van der Waals surface area contributed by atoms with Gasteiger partial charge in [-0.25, -0.2) is 0 Å². The van der Waals surface area contributed by atoms with Crippen LogP contribution in [-0.2, 0) is 4.79 Å². The molecule has 1 saturated heterocycles. The minimum absolute atomic E-state index is 0.252. The predicted molar refractivity (Wildman–Crippen MR) is 66.4 cm³/mol. The molecular weight excluding hydrogens is 202 g/mol. The number of rotatable bonds is 5. The van der Waals surface area contributed by atoms with Crippen LogP contribution in [0.25, 0.3) is 0 Å². The van der Waals surface area contributed by atoms with Crippen molar-refractivity contribution in [1.82, 2.24) is 15.1 Å². The first-order valence-electron chi connectivity index (χ1n) is 6.26. The van der Waals surface area contributed by atoms with Gasteiger partial charge >= 0.3 is 0 Å². The summed E-state index contributed by atoms with van der Waals surface area (Å²) in [6.07, 6.45) is 1.09. The standard InChI is InChI=1S/C12H25N3O/c1-11(2)4-7-14(3)12(16)10-15-8-5-13-6-9-15/h11,13H,4-10H2,1-3H3. The summed E-state index contributed by atoms with van der Waals surface area (Å²) in [6.45, 7) is 9.82. The van der Waals surface area contributed by atoms with E-state index in [1.165, 1.54) is 0 Å². The second-order valence-electron chi connectivity index (χ2n) is 5.02. The number of likely N-dealkylation sites (N-methyl/N-ethyl adjacent to an activating group) is 1. The maximum Gasteiger partial charge on any atom is 0.236 e. The van der Waals surface area contributed by atoms with Crippen LogP contribution < -0.4 is 5.32 Å². The first kappa shape index (κ1) is 13.5. The number of amides is 1. The van der Waals surface area contributed by atoms with Crippen LogP contribution in [0.2, 0.25) is 0 Å². The number of carbonyl (C=O) groups is 1. The molecule has 4 heteroatoms. The molecule has 1 aliphatic rings. The molecule has 94 valence electrons. The zero-order chi connectivity index (χ0) is 12.0. The molecule has 0 unspecified atom stereocenters. The van der Waals surface area contributed by atoms with Gasteiger partial charge in [-0.2, -0.15) is 0 Å². The smallest absolute Gasteiger partial charge is 0.236 e. The molecule has 0 aromatic carbocycles. The Morgan fingerprint density at radius 1 is 1.38 bits per heavy atom. The van der Waals surface area contributed by atoms with E-state index >= 15 is 0 Å². The molecule has 1 N–H and O–H groups in total. The second kappa shape index (κ2) is 6.86. The molecule has 0 spiro atoms. The van der Waals surface area contributed by atoms with Crippen molar-refractivity contribution in [3.05, 3.63) is 0 Å². The predicted octanol–water partition coefficient (Wildman–Crippen LogP) is 0.396. The minimum atomic E-state index is 0.252. The molecule has 16 heavy (non-hydrogen) atoms. The van der Waals surface area contributed by atoms with Crippen molar-refractivity contribution in [2.24, 2.45) is 5.92 Å². The molecule has 1 fully saturated rings. The summed E-state index contributed by atoms with van der Waals surface area (Å²) in [5.41, 5.74) is 0. The van der Waals surface area contributed by atoms with Crippen molar-refractivity contribution in [2.75, 3.05) is 46.3 Å². The summed E-state index contributed by atoms with van der Waals surface area (Å²) in [7, 11) is 1.91. The van der Waals surface area contributed by atoms with E-state index in [0.29, 0.717) is 12.5 Å². The van der Waals surface area contributed by atoms with Crippen molar-refractivity contribution in [2.45, 2.75) is 20.3 Å². The highest BCUT2D eigenvalue weighted by Gasteiger charge is 2.16. The Morgan fingerprint density at radius 2 is 2.00 bits per heavy atom. The lowest BCUT2D eigenvalue weighted by molar-refractivity contribution is -0.131. The van der Waals surface area contributed by atoms with Crippen LogP contribution in [0.15, 0.2) is 0 Å². The van der Waals surface area contributed by atoms with E-state index in [4.69, 9.17) is 0 Å². The van der Waals surface area contributed by atoms with Crippen molar-refractivity contribution in [3.63, 3.8) is 0 Å².